The van der Waals surface area contributed by atoms with Crippen LogP contribution in [0.15, 0.2) is 0 Å². The third-order valence-corrected chi connectivity index (χ3v) is 0.239. The van der Waals surface area contributed by atoms with Gasteiger partial charge in [0.25, 0.3) is 0 Å². The van der Waals surface area contributed by atoms with E-state index < -0.39 is 7.32 Å². The van der Waals surface area contributed by atoms with Crippen molar-refractivity contribution in [1.82, 2.24) is 0 Å². The number of hydrogen-bond acceptors (Lipinski definition) is 3. The first-order valence-electron chi connectivity index (χ1n) is 0.906. The molecule has 0 aliphatic rings. The van der Waals surface area contributed by atoms with Crippen LogP contribution in [-0.2, 0) is 4.21 Å². The standard InChI is InChI=1S/BClH2O3.2Li.2H2O.2H/c2-5-1(3)4;;;;;;/h3-4H;;;2*1H2;;/q;2*+1;;;2*-1. The molecular weight excluding hydrogens is 140 g/mol. The normalized spacial score (nSPS) is 4.33. The van der Waals surface area contributed by atoms with E-state index in [0.29, 0.717) is 0 Å². The molecule has 0 aromatic carbocycles. The molecule has 0 atom stereocenters. The molecule has 0 bridgehead atoms. The molecule has 6 N–H and O–H groups in total. The van der Waals surface area contributed by atoms with Gasteiger partial charge in [0.15, 0.2) is 0 Å². The Morgan fingerprint density at radius 1 is 1.22 bits per heavy atom. The van der Waals surface area contributed by atoms with Crippen molar-refractivity contribution in [3.05, 3.63) is 0 Å². The molecule has 0 fully saturated rings. The van der Waals surface area contributed by atoms with Gasteiger partial charge in [0.05, 0.1) is 0 Å². The maximum absolute atomic E-state index is 7.56. The summed E-state index contributed by atoms with van der Waals surface area (Å²) in [5.41, 5.74) is 0. The largest absolute Gasteiger partial charge is 1.00 e. The van der Waals surface area contributed by atoms with Crippen LogP contribution in [0.5, 0.6) is 0 Å². The molecule has 5 nitrogen and oxygen atoms in total. The Balaban J connectivity index is -0.00000000533. The second-order valence-corrected chi connectivity index (χ2v) is 0.594. The van der Waals surface area contributed by atoms with E-state index in [-0.39, 0.29) is 51.5 Å². The molecule has 0 radical (unpaired) electrons. The Bertz CT molecular complexity index is 36.4. The van der Waals surface area contributed by atoms with Crippen LogP contribution in [0.4, 0.5) is 0 Å². The van der Waals surface area contributed by atoms with Crippen LogP contribution >= 0.6 is 11.9 Å². The summed E-state index contributed by atoms with van der Waals surface area (Å²) < 4.78 is 3.33. The number of rotatable bonds is 1. The van der Waals surface area contributed by atoms with Crippen molar-refractivity contribution in [3.63, 3.8) is 0 Å². The van der Waals surface area contributed by atoms with Gasteiger partial charge in [-0.15, -0.1) is 0 Å². The van der Waals surface area contributed by atoms with Gasteiger partial charge in [0.1, 0.15) is 0 Å². The van der Waals surface area contributed by atoms with Crippen molar-refractivity contribution in [3.8, 4) is 0 Å². The monoisotopic (exact) mass is 148 g/mol. The first kappa shape index (κ1) is 31.6. The van der Waals surface area contributed by atoms with Crippen molar-refractivity contribution >= 4 is 19.2 Å². The Morgan fingerprint density at radius 2 is 1.33 bits per heavy atom. The van der Waals surface area contributed by atoms with Crippen LogP contribution < -0.4 is 37.7 Å². The van der Waals surface area contributed by atoms with Crippen molar-refractivity contribution in [1.29, 1.82) is 0 Å². The molecule has 0 saturated carbocycles. The van der Waals surface area contributed by atoms with Gasteiger partial charge in [-0.2, -0.15) is 0 Å². The Labute approximate surface area is 85.0 Å². The minimum absolute atomic E-state index is 0. The molecule has 0 spiro atoms. The molecule has 0 aromatic rings. The minimum atomic E-state index is -1.85. The van der Waals surface area contributed by atoms with Crippen LogP contribution in [0.3, 0.4) is 0 Å². The summed E-state index contributed by atoms with van der Waals surface area (Å²) in [5.74, 6) is 0. The quantitative estimate of drug-likeness (QED) is 0.360. The number of halogens is 1. The summed E-state index contributed by atoms with van der Waals surface area (Å²) in [7, 11) is -1.85. The van der Waals surface area contributed by atoms with Crippen molar-refractivity contribution < 1.29 is 65.8 Å². The zero-order valence-corrected chi connectivity index (χ0v) is 6.01. The van der Waals surface area contributed by atoms with Gasteiger partial charge in [0, 0.05) is 11.9 Å². The fourth-order valence-corrected chi connectivity index (χ4v) is 0. The molecule has 0 saturated heterocycles. The van der Waals surface area contributed by atoms with E-state index in [4.69, 9.17) is 10.0 Å². The van der Waals surface area contributed by atoms with Gasteiger partial charge in [-0.25, -0.2) is 0 Å². The Morgan fingerprint density at radius 3 is 1.33 bits per heavy atom. The predicted molar refractivity (Wildman–Crippen MR) is 26.6 cm³/mol. The molecular formula is H8BClLi2O5. The SMILES string of the molecule is O.O.OB(O)OCl.[H-].[H-].[Li+].[Li+]. The van der Waals surface area contributed by atoms with E-state index in [1.807, 2.05) is 0 Å². The average Bonchev–Trinajstić information content (AvgIpc) is 1.38. The molecule has 9 heavy (non-hydrogen) atoms. The fourth-order valence-electron chi connectivity index (χ4n) is 0. The molecule has 0 unspecified atom stereocenters. The second kappa shape index (κ2) is 22.8. The minimum Gasteiger partial charge on any atom is -1.00 e. The molecule has 0 aromatic heterocycles. The Kier molecular flexibility index (Phi) is 80.0. The van der Waals surface area contributed by atoms with Gasteiger partial charge in [0.2, 0.25) is 0 Å². The van der Waals surface area contributed by atoms with Crippen LogP contribution in [0.2, 0.25) is 0 Å². The topological polar surface area (TPSA) is 113 Å². The molecule has 50 valence electrons. The summed E-state index contributed by atoms with van der Waals surface area (Å²) in [6, 6.07) is 0. The molecule has 0 amide bonds. The van der Waals surface area contributed by atoms with Gasteiger partial charge in [-0.1, -0.05) is 0 Å². The van der Waals surface area contributed by atoms with Gasteiger partial charge < -0.3 is 23.9 Å². The molecule has 0 rings (SSSR count). The van der Waals surface area contributed by atoms with Gasteiger partial charge in [-0.3, -0.25) is 4.21 Å². The summed E-state index contributed by atoms with van der Waals surface area (Å²) in [6.07, 6.45) is 0. The summed E-state index contributed by atoms with van der Waals surface area (Å²) >= 11 is 4.34. The van der Waals surface area contributed by atoms with E-state index in [9.17, 15) is 0 Å². The zero-order valence-electron chi connectivity index (χ0n) is 7.26. The first-order valence-corrected chi connectivity index (χ1v) is 1.22. The third kappa shape index (κ3) is 45.0. The van der Waals surface area contributed by atoms with Crippen molar-refractivity contribution in [2.75, 3.05) is 0 Å². The molecule has 0 aliphatic heterocycles. The predicted octanol–water partition coefficient (Wildman–Crippen LogP) is -8.29. The van der Waals surface area contributed by atoms with E-state index in [1.54, 1.807) is 0 Å². The summed E-state index contributed by atoms with van der Waals surface area (Å²) in [4.78, 5) is 0. The van der Waals surface area contributed by atoms with Crippen LogP contribution in [0, 0.1) is 0 Å². The van der Waals surface area contributed by atoms with E-state index >= 15 is 0 Å². The third-order valence-electron chi connectivity index (χ3n) is 0.0797. The molecule has 9 heteroatoms. The number of hydrogen-bond donors (Lipinski definition) is 2. The van der Waals surface area contributed by atoms with Crippen molar-refractivity contribution in [2.45, 2.75) is 0 Å². The maximum atomic E-state index is 7.56. The van der Waals surface area contributed by atoms with E-state index in [2.05, 4.69) is 16.1 Å². The van der Waals surface area contributed by atoms with Gasteiger partial charge >= 0.3 is 45.0 Å². The van der Waals surface area contributed by atoms with Crippen LogP contribution in [0.25, 0.3) is 0 Å². The van der Waals surface area contributed by atoms with E-state index in [1.165, 1.54) is 0 Å². The fraction of sp³-hybridized carbons (Fsp3) is 0. The van der Waals surface area contributed by atoms with Crippen LogP contribution in [0.1, 0.15) is 2.85 Å². The summed E-state index contributed by atoms with van der Waals surface area (Å²) in [5, 5.41) is 15.1. The Hall–Kier alpha value is 1.35. The zero-order chi connectivity index (χ0) is 4.28. The van der Waals surface area contributed by atoms with E-state index in [0.717, 1.165) is 0 Å². The van der Waals surface area contributed by atoms with Gasteiger partial charge in [-0.05, 0) is 0 Å². The summed E-state index contributed by atoms with van der Waals surface area (Å²) in [6.45, 7) is 0. The average molecular weight is 148 g/mol. The van der Waals surface area contributed by atoms with Crippen molar-refractivity contribution in [2.24, 2.45) is 0 Å². The molecule has 0 aliphatic carbocycles. The smallest absolute Gasteiger partial charge is 1.00 e. The second-order valence-electron chi connectivity index (χ2n) is 0.415. The molecule has 0 heterocycles. The maximum Gasteiger partial charge on any atom is 1.00 e. The van der Waals surface area contributed by atoms with Crippen LogP contribution in [-0.4, -0.2) is 28.3 Å². The first-order chi connectivity index (χ1) is 2.27.